The predicted molar refractivity (Wildman–Crippen MR) is 41.5 cm³/mol. The van der Waals surface area contributed by atoms with Crippen LogP contribution in [0.4, 0.5) is 0 Å². The number of hydrogen-bond acceptors (Lipinski definition) is 5. The molecule has 1 fully saturated rings. The molecule has 0 amide bonds. The molecule has 1 heterocycles. The van der Waals surface area contributed by atoms with E-state index in [4.69, 9.17) is 10.3 Å². The molecule has 74 valence electrons. The van der Waals surface area contributed by atoms with Gasteiger partial charge in [-0.3, -0.25) is 0 Å². The maximum absolute atomic E-state index is 9.35. The fourth-order valence-electron chi connectivity index (χ4n) is 1.21. The molecule has 1 aliphatic rings. The maximum atomic E-state index is 9.35. The van der Waals surface area contributed by atoms with E-state index in [9.17, 15) is 15.3 Å². The van der Waals surface area contributed by atoms with Gasteiger partial charge in [0.15, 0.2) is 6.29 Å². The Morgan fingerprint density at radius 2 is 1.92 bits per heavy atom. The second-order valence-corrected chi connectivity index (χ2v) is 2.91. The van der Waals surface area contributed by atoms with Crippen LogP contribution in [-0.2, 0) is 4.74 Å². The maximum Gasteiger partial charge on any atom is 0.166 e. The van der Waals surface area contributed by atoms with Crippen LogP contribution in [0.15, 0.2) is 5.11 Å². The molecule has 0 saturated carbocycles. The third-order valence-corrected chi connectivity index (χ3v) is 2.01. The van der Waals surface area contributed by atoms with Crippen molar-refractivity contribution < 1.29 is 20.1 Å². The van der Waals surface area contributed by atoms with Crippen LogP contribution in [0.25, 0.3) is 10.4 Å². The molecule has 0 aliphatic carbocycles. The molecule has 0 spiro atoms. The highest BCUT2D eigenvalue weighted by Crippen LogP contribution is 2.21. The molecule has 7 nitrogen and oxygen atoms in total. The average molecular weight is 189 g/mol. The molecule has 0 aromatic heterocycles. The number of aliphatic hydroxyl groups is 3. The summed E-state index contributed by atoms with van der Waals surface area (Å²) >= 11 is 0. The number of rotatable bonds is 1. The van der Waals surface area contributed by atoms with Crippen molar-refractivity contribution >= 4 is 0 Å². The highest BCUT2D eigenvalue weighted by atomic mass is 16.6. The molecule has 0 bridgehead atoms. The summed E-state index contributed by atoms with van der Waals surface area (Å²) in [5.41, 5.74) is 8.11. The van der Waals surface area contributed by atoms with Crippen LogP contribution in [0.2, 0.25) is 0 Å². The first kappa shape index (κ1) is 10.2. The van der Waals surface area contributed by atoms with Crippen LogP contribution in [0.5, 0.6) is 0 Å². The number of aliphatic hydroxyl groups excluding tert-OH is 3. The number of hydrogen-bond donors (Lipinski definition) is 3. The van der Waals surface area contributed by atoms with Crippen LogP contribution in [-0.4, -0.2) is 46.0 Å². The van der Waals surface area contributed by atoms with Crippen LogP contribution < -0.4 is 0 Å². The largest absolute Gasteiger partial charge is 0.390 e. The van der Waals surface area contributed by atoms with Crippen molar-refractivity contribution in [3.8, 4) is 0 Å². The SMILES string of the molecule is C[C@@H]1O[C@@H](O)[C@H](N=[N+]=[N-])[C@H](O)[C@H]1O. The van der Waals surface area contributed by atoms with Gasteiger partial charge < -0.3 is 20.1 Å². The van der Waals surface area contributed by atoms with E-state index in [1.54, 1.807) is 0 Å². The highest BCUT2D eigenvalue weighted by Gasteiger charge is 2.41. The van der Waals surface area contributed by atoms with E-state index >= 15 is 0 Å². The normalized spacial score (nSPS) is 45.4. The Bertz CT molecular complexity index is 230. The van der Waals surface area contributed by atoms with E-state index in [2.05, 4.69) is 10.0 Å². The molecule has 1 saturated heterocycles. The van der Waals surface area contributed by atoms with Crippen molar-refractivity contribution in [3.63, 3.8) is 0 Å². The first-order chi connectivity index (χ1) is 6.07. The van der Waals surface area contributed by atoms with E-state index in [0.29, 0.717) is 0 Å². The minimum absolute atomic E-state index is 0.685. The zero-order valence-electron chi connectivity index (χ0n) is 6.98. The van der Waals surface area contributed by atoms with Gasteiger partial charge in [-0.25, -0.2) is 0 Å². The van der Waals surface area contributed by atoms with Crippen molar-refractivity contribution in [2.75, 3.05) is 0 Å². The second-order valence-electron chi connectivity index (χ2n) is 2.91. The molecule has 0 aromatic carbocycles. The second kappa shape index (κ2) is 3.91. The summed E-state index contributed by atoms with van der Waals surface area (Å²) in [6, 6.07) is -1.16. The number of ether oxygens (including phenoxy) is 1. The summed E-state index contributed by atoms with van der Waals surface area (Å²) in [5.74, 6) is 0. The van der Waals surface area contributed by atoms with Crippen molar-refractivity contribution in [2.45, 2.75) is 37.6 Å². The predicted octanol–water partition coefficient (Wildman–Crippen LogP) is -0.876. The Labute approximate surface area is 74.2 Å². The molecule has 7 heteroatoms. The van der Waals surface area contributed by atoms with Crippen molar-refractivity contribution in [1.82, 2.24) is 0 Å². The summed E-state index contributed by atoms with van der Waals surface area (Å²) in [5, 5.41) is 31.0. The third-order valence-electron chi connectivity index (χ3n) is 2.01. The first-order valence-corrected chi connectivity index (χ1v) is 3.81. The summed E-state index contributed by atoms with van der Waals surface area (Å²) in [4.78, 5) is 2.43. The van der Waals surface area contributed by atoms with Gasteiger partial charge in [0.1, 0.15) is 12.1 Å². The van der Waals surface area contributed by atoms with Crippen LogP contribution >= 0.6 is 0 Å². The zero-order valence-corrected chi connectivity index (χ0v) is 6.98. The Morgan fingerprint density at radius 1 is 1.31 bits per heavy atom. The van der Waals surface area contributed by atoms with Crippen LogP contribution in [0.3, 0.4) is 0 Å². The molecule has 0 unspecified atom stereocenters. The lowest BCUT2D eigenvalue weighted by molar-refractivity contribution is -0.236. The summed E-state index contributed by atoms with van der Waals surface area (Å²) in [7, 11) is 0. The van der Waals surface area contributed by atoms with Gasteiger partial charge in [0.2, 0.25) is 0 Å². The topological polar surface area (TPSA) is 119 Å². The van der Waals surface area contributed by atoms with Gasteiger partial charge in [-0.05, 0) is 12.5 Å². The molecular weight excluding hydrogens is 178 g/mol. The van der Waals surface area contributed by atoms with Gasteiger partial charge in [0, 0.05) is 4.91 Å². The number of nitrogens with zero attached hydrogens (tertiary/aromatic N) is 3. The molecule has 13 heavy (non-hydrogen) atoms. The van der Waals surface area contributed by atoms with Crippen LogP contribution in [0, 0.1) is 0 Å². The van der Waals surface area contributed by atoms with E-state index < -0.39 is 30.6 Å². The standard InChI is InChI=1S/C6H11N3O4/c1-2-4(10)5(11)3(8-9-7)6(12)13-2/h2-6,10-12H,1H3/t2-,3+,4-,5-,6+/m0/s1. The molecular formula is C6H11N3O4. The van der Waals surface area contributed by atoms with Crippen molar-refractivity contribution in [2.24, 2.45) is 5.11 Å². The van der Waals surface area contributed by atoms with E-state index in [1.807, 2.05) is 0 Å². The van der Waals surface area contributed by atoms with E-state index in [1.165, 1.54) is 6.92 Å². The summed E-state index contributed by atoms with van der Waals surface area (Å²) in [6.07, 6.45) is -4.51. The van der Waals surface area contributed by atoms with E-state index in [-0.39, 0.29) is 0 Å². The van der Waals surface area contributed by atoms with Crippen LogP contribution in [0.1, 0.15) is 6.92 Å². The highest BCUT2D eigenvalue weighted by molar-refractivity contribution is 4.91. The fraction of sp³-hybridized carbons (Fsp3) is 1.00. The quantitative estimate of drug-likeness (QED) is 0.282. The number of azide groups is 1. The molecule has 1 aliphatic heterocycles. The van der Waals surface area contributed by atoms with Gasteiger partial charge in [0.05, 0.1) is 12.2 Å². The van der Waals surface area contributed by atoms with Gasteiger partial charge in [0.25, 0.3) is 0 Å². The first-order valence-electron chi connectivity index (χ1n) is 3.81. The fourth-order valence-corrected chi connectivity index (χ4v) is 1.21. The lowest BCUT2D eigenvalue weighted by Crippen LogP contribution is -2.55. The third kappa shape index (κ3) is 1.90. The van der Waals surface area contributed by atoms with Gasteiger partial charge in [-0.15, -0.1) is 0 Å². The monoisotopic (exact) mass is 189 g/mol. The minimum atomic E-state index is -1.37. The molecule has 0 aromatic rings. The lowest BCUT2D eigenvalue weighted by Gasteiger charge is -2.37. The summed E-state index contributed by atoms with van der Waals surface area (Å²) in [6.45, 7) is 1.50. The molecule has 3 N–H and O–H groups in total. The Balaban J connectivity index is 2.78. The lowest BCUT2D eigenvalue weighted by atomic mass is 9.98. The molecule has 0 radical (unpaired) electrons. The average Bonchev–Trinajstić information content (AvgIpc) is 2.09. The summed E-state index contributed by atoms with van der Waals surface area (Å²) < 4.78 is 4.81. The zero-order chi connectivity index (χ0) is 10.0. The van der Waals surface area contributed by atoms with Gasteiger partial charge in [-0.2, -0.15) is 0 Å². The Morgan fingerprint density at radius 3 is 2.46 bits per heavy atom. The molecule has 5 atom stereocenters. The smallest absolute Gasteiger partial charge is 0.166 e. The Hall–Kier alpha value is -0.850. The minimum Gasteiger partial charge on any atom is -0.390 e. The van der Waals surface area contributed by atoms with Gasteiger partial charge in [-0.1, -0.05) is 5.11 Å². The van der Waals surface area contributed by atoms with Crippen molar-refractivity contribution in [1.29, 1.82) is 0 Å². The van der Waals surface area contributed by atoms with Crippen molar-refractivity contribution in [3.05, 3.63) is 10.4 Å². The van der Waals surface area contributed by atoms with Gasteiger partial charge >= 0.3 is 0 Å². The Kier molecular flexibility index (Phi) is 3.07. The van der Waals surface area contributed by atoms with E-state index in [0.717, 1.165) is 0 Å². The molecule has 1 rings (SSSR count).